The number of aromatic nitrogens is 1. The van der Waals surface area contributed by atoms with Crippen LogP contribution in [0.25, 0.3) is 0 Å². The summed E-state index contributed by atoms with van der Waals surface area (Å²) in [7, 11) is 0. The van der Waals surface area contributed by atoms with Gasteiger partial charge in [-0.3, -0.25) is 0 Å². The Kier molecular flexibility index (Phi) is 4.22. The maximum Gasteiger partial charge on any atom is 0.140 e. The zero-order chi connectivity index (χ0) is 11.4. The molecule has 1 heterocycles. The number of halogens is 1. The normalized spacial score (nSPS) is 25.4. The molecule has 2 nitrogen and oxygen atoms in total. The Hall–Kier alpha value is -0.570. The maximum atomic E-state index is 4.33. The Labute approximate surface area is 106 Å². The van der Waals surface area contributed by atoms with Crippen LogP contribution in [0, 0.1) is 11.8 Å². The van der Waals surface area contributed by atoms with Gasteiger partial charge in [-0.1, -0.05) is 26.2 Å². The summed E-state index contributed by atoms with van der Waals surface area (Å²) in [6, 6.07) is 3.97. The summed E-state index contributed by atoms with van der Waals surface area (Å²) in [5.74, 6) is 2.63. The first-order chi connectivity index (χ1) is 7.77. The molecular weight excluding hydrogens is 264 g/mol. The van der Waals surface area contributed by atoms with Crippen molar-refractivity contribution in [1.29, 1.82) is 0 Å². The molecular formula is C13H19BrN2. The van der Waals surface area contributed by atoms with Gasteiger partial charge in [0, 0.05) is 12.7 Å². The number of hydrogen-bond acceptors (Lipinski definition) is 2. The van der Waals surface area contributed by atoms with Crippen LogP contribution in [0.3, 0.4) is 0 Å². The summed E-state index contributed by atoms with van der Waals surface area (Å²) in [4.78, 5) is 4.33. The minimum atomic E-state index is 0.808. The van der Waals surface area contributed by atoms with E-state index >= 15 is 0 Å². The van der Waals surface area contributed by atoms with E-state index in [-0.39, 0.29) is 0 Å². The minimum Gasteiger partial charge on any atom is -0.369 e. The van der Waals surface area contributed by atoms with Crippen LogP contribution < -0.4 is 5.32 Å². The van der Waals surface area contributed by atoms with Crippen molar-refractivity contribution in [3.8, 4) is 0 Å². The van der Waals surface area contributed by atoms with E-state index in [1.165, 1.54) is 25.7 Å². The van der Waals surface area contributed by atoms with Crippen LogP contribution in [0.2, 0.25) is 0 Å². The van der Waals surface area contributed by atoms with Crippen LogP contribution in [0.1, 0.15) is 32.6 Å². The lowest BCUT2D eigenvalue weighted by molar-refractivity contribution is 0.268. The topological polar surface area (TPSA) is 24.9 Å². The third kappa shape index (κ3) is 2.97. The molecule has 1 aliphatic carbocycles. The van der Waals surface area contributed by atoms with Crippen molar-refractivity contribution >= 4 is 21.7 Å². The quantitative estimate of drug-likeness (QED) is 0.904. The molecule has 0 radical (unpaired) electrons. The molecule has 1 aliphatic rings. The van der Waals surface area contributed by atoms with E-state index in [4.69, 9.17) is 0 Å². The highest BCUT2D eigenvalue weighted by molar-refractivity contribution is 9.10. The summed E-state index contributed by atoms with van der Waals surface area (Å²) >= 11 is 3.51. The van der Waals surface area contributed by atoms with Crippen molar-refractivity contribution in [3.63, 3.8) is 0 Å². The van der Waals surface area contributed by atoms with E-state index in [1.807, 2.05) is 18.3 Å². The highest BCUT2D eigenvalue weighted by Gasteiger charge is 2.21. The summed E-state index contributed by atoms with van der Waals surface area (Å²) in [5, 5.41) is 3.46. The average molecular weight is 283 g/mol. The second kappa shape index (κ2) is 5.67. The van der Waals surface area contributed by atoms with E-state index in [0.29, 0.717) is 0 Å². The number of anilines is 1. The molecule has 2 atom stereocenters. The second-order valence-electron chi connectivity index (χ2n) is 4.74. The van der Waals surface area contributed by atoms with Crippen molar-refractivity contribution in [2.45, 2.75) is 32.6 Å². The lowest BCUT2D eigenvalue weighted by Gasteiger charge is -2.29. The molecule has 0 amide bonds. The highest BCUT2D eigenvalue weighted by atomic mass is 79.9. The van der Waals surface area contributed by atoms with E-state index in [1.54, 1.807) is 0 Å². The predicted octanol–water partition coefficient (Wildman–Crippen LogP) is 4.08. The van der Waals surface area contributed by atoms with Gasteiger partial charge >= 0.3 is 0 Å². The Balaban J connectivity index is 1.89. The summed E-state index contributed by atoms with van der Waals surface area (Å²) in [6.07, 6.45) is 7.37. The fraction of sp³-hybridized carbons (Fsp3) is 0.615. The van der Waals surface area contributed by atoms with Crippen molar-refractivity contribution in [2.75, 3.05) is 11.9 Å². The number of rotatable bonds is 3. The van der Waals surface area contributed by atoms with E-state index in [2.05, 4.69) is 33.2 Å². The molecule has 0 aromatic carbocycles. The monoisotopic (exact) mass is 282 g/mol. The zero-order valence-electron chi connectivity index (χ0n) is 9.75. The summed E-state index contributed by atoms with van der Waals surface area (Å²) in [5.41, 5.74) is 0. The van der Waals surface area contributed by atoms with Crippen molar-refractivity contribution in [3.05, 3.63) is 22.8 Å². The fourth-order valence-corrected chi connectivity index (χ4v) is 2.84. The lowest BCUT2D eigenvalue weighted by atomic mass is 9.80. The Morgan fingerprint density at radius 1 is 1.44 bits per heavy atom. The third-order valence-corrected chi connectivity index (χ3v) is 4.22. The van der Waals surface area contributed by atoms with Gasteiger partial charge in [0.2, 0.25) is 0 Å². The van der Waals surface area contributed by atoms with E-state index < -0.39 is 0 Å². The third-order valence-electron chi connectivity index (χ3n) is 3.58. The largest absolute Gasteiger partial charge is 0.369 e. The molecule has 3 heteroatoms. The molecule has 0 bridgehead atoms. The van der Waals surface area contributed by atoms with Crippen molar-refractivity contribution in [1.82, 2.24) is 4.98 Å². The van der Waals surface area contributed by atoms with E-state index in [0.717, 1.165) is 28.7 Å². The van der Waals surface area contributed by atoms with E-state index in [9.17, 15) is 0 Å². The van der Waals surface area contributed by atoms with Crippen LogP contribution in [0.15, 0.2) is 22.8 Å². The predicted molar refractivity (Wildman–Crippen MR) is 71.5 cm³/mol. The number of nitrogens with one attached hydrogen (secondary N) is 1. The highest BCUT2D eigenvalue weighted by Crippen LogP contribution is 2.30. The van der Waals surface area contributed by atoms with Gasteiger partial charge in [0.05, 0.1) is 4.47 Å². The number of hydrogen-bond donors (Lipinski definition) is 1. The summed E-state index contributed by atoms with van der Waals surface area (Å²) in [6.45, 7) is 3.43. The molecule has 16 heavy (non-hydrogen) atoms. The van der Waals surface area contributed by atoms with Gasteiger partial charge < -0.3 is 5.32 Å². The molecule has 0 aliphatic heterocycles. The average Bonchev–Trinajstić information content (AvgIpc) is 2.30. The molecule has 0 spiro atoms. The molecule has 2 unspecified atom stereocenters. The molecule has 1 saturated carbocycles. The van der Waals surface area contributed by atoms with Crippen LogP contribution in [-0.2, 0) is 0 Å². The minimum absolute atomic E-state index is 0.808. The molecule has 0 saturated heterocycles. The van der Waals surface area contributed by atoms with Crippen molar-refractivity contribution in [2.24, 2.45) is 11.8 Å². The summed E-state index contributed by atoms with van der Waals surface area (Å²) < 4.78 is 1.05. The number of nitrogens with zero attached hydrogens (tertiary/aromatic N) is 1. The van der Waals surface area contributed by atoms with Crippen LogP contribution in [0.4, 0.5) is 5.82 Å². The first-order valence-electron chi connectivity index (χ1n) is 6.12. The van der Waals surface area contributed by atoms with Gasteiger partial charge in [-0.2, -0.15) is 0 Å². The van der Waals surface area contributed by atoms with Gasteiger partial charge in [-0.25, -0.2) is 4.98 Å². The van der Waals surface area contributed by atoms with Gasteiger partial charge in [0.1, 0.15) is 5.82 Å². The SMILES string of the molecule is CC1CCCCC1CNc1ncccc1Br. The zero-order valence-corrected chi connectivity index (χ0v) is 11.3. The Morgan fingerprint density at radius 2 is 2.25 bits per heavy atom. The maximum absolute atomic E-state index is 4.33. The van der Waals surface area contributed by atoms with Gasteiger partial charge in [0.15, 0.2) is 0 Å². The smallest absolute Gasteiger partial charge is 0.140 e. The molecule has 1 fully saturated rings. The molecule has 1 aromatic rings. The molecule has 2 rings (SSSR count). The van der Waals surface area contributed by atoms with Gasteiger partial charge in [-0.05, 0) is 46.3 Å². The Morgan fingerprint density at radius 3 is 3.00 bits per heavy atom. The number of pyridine rings is 1. The van der Waals surface area contributed by atoms with Crippen molar-refractivity contribution < 1.29 is 0 Å². The molecule has 1 N–H and O–H groups in total. The second-order valence-corrected chi connectivity index (χ2v) is 5.59. The molecule has 88 valence electrons. The molecule has 1 aromatic heterocycles. The van der Waals surface area contributed by atoms with Crippen LogP contribution in [-0.4, -0.2) is 11.5 Å². The first-order valence-corrected chi connectivity index (χ1v) is 6.91. The van der Waals surface area contributed by atoms with Gasteiger partial charge in [-0.15, -0.1) is 0 Å². The lowest BCUT2D eigenvalue weighted by Crippen LogP contribution is -2.24. The first kappa shape index (κ1) is 11.9. The standard InChI is InChI=1S/C13H19BrN2/c1-10-5-2-3-6-11(10)9-16-13-12(14)7-4-8-15-13/h4,7-8,10-11H,2-3,5-6,9H2,1H3,(H,15,16). The van der Waals surface area contributed by atoms with Crippen LogP contribution >= 0.6 is 15.9 Å². The Bertz CT molecular complexity index is 340. The van der Waals surface area contributed by atoms with Gasteiger partial charge in [0.25, 0.3) is 0 Å². The van der Waals surface area contributed by atoms with Crippen LogP contribution in [0.5, 0.6) is 0 Å². The fourth-order valence-electron chi connectivity index (χ4n) is 2.44.